The van der Waals surface area contributed by atoms with Gasteiger partial charge in [0.15, 0.2) is 0 Å². The number of hydrogen-bond donors (Lipinski definition) is 0. The Morgan fingerprint density at radius 2 is 0.434 bits per heavy atom. The van der Waals surface area contributed by atoms with Gasteiger partial charge in [-0.25, -0.2) is 0 Å². The summed E-state index contributed by atoms with van der Waals surface area (Å²) in [6.07, 6.45) is 0. The first kappa shape index (κ1) is 52.3. The summed E-state index contributed by atoms with van der Waals surface area (Å²) in [6, 6.07) is 87.0. The van der Waals surface area contributed by atoms with Crippen molar-refractivity contribution in [3.63, 3.8) is 0 Å². The van der Waals surface area contributed by atoms with Gasteiger partial charge in [0.25, 0.3) is 0 Å². The van der Waals surface area contributed by atoms with E-state index >= 15 is 0 Å². The second-order valence-corrected chi connectivity index (χ2v) is 20.7. The molecule has 0 N–H and O–H groups in total. The summed E-state index contributed by atoms with van der Waals surface area (Å²) in [7, 11) is 0. The molecule has 0 unspecified atom stereocenters. The minimum atomic E-state index is 1.26. The summed E-state index contributed by atoms with van der Waals surface area (Å²) < 4.78 is 0. The molecule has 0 fully saturated rings. The van der Waals surface area contributed by atoms with Crippen LogP contribution in [-0.4, -0.2) is 0 Å². The van der Waals surface area contributed by atoms with Crippen LogP contribution in [-0.2, 0) is 0 Å². The van der Waals surface area contributed by atoms with Gasteiger partial charge in [-0.15, -0.1) is 0 Å². The van der Waals surface area contributed by atoms with Crippen molar-refractivity contribution in [2.75, 3.05) is 0 Å². The maximum Gasteiger partial charge on any atom is -0.0146 e. The van der Waals surface area contributed by atoms with Gasteiger partial charge in [0, 0.05) is 0 Å². The SMILES string of the molecule is Cc1c2ccccc2c(C)c2ccccc12.Cc1ccc(-c2ccc(-c3ccc(C)cc3)cc2)cc1.Cc1ccc(C)c2cc3ccccc3cc12.Cc1ccc2cc(C)ccc2c1.Cc1cccc2c(C)cccc12. The second kappa shape index (κ2) is 23.7. The molecule has 0 aliphatic rings. The first-order valence-electron chi connectivity index (χ1n) is 26.7. The van der Waals surface area contributed by atoms with E-state index in [0.717, 1.165) is 0 Å². The zero-order valence-corrected chi connectivity index (χ0v) is 46.1. The molecular weight excluding hydrogens is 913 g/mol. The average molecular weight is 983 g/mol. The molecule has 13 aromatic carbocycles. The summed E-state index contributed by atoms with van der Waals surface area (Å²) in [6.45, 7) is 21.6. The van der Waals surface area contributed by atoms with Crippen LogP contribution < -0.4 is 0 Å². The Hall–Kier alpha value is -8.58. The Balaban J connectivity index is 0.000000118. The minimum Gasteiger partial charge on any atom is -0.0616 e. The first-order valence-corrected chi connectivity index (χ1v) is 26.7. The van der Waals surface area contributed by atoms with Crippen LogP contribution in [0.1, 0.15) is 55.6 Å². The Bertz CT molecular complexity index is 3790. The highest BCUT2D eigenvalue weighted by Gasteiger charge is 2.08. The fourth-order valence-corrected chi connectivity index (χ4v) is 10.3. The standard InChI is InChI=1S/C20H18.2C16H14.2C12H12/c1-15-3-7-17(8-4-15)19-11-13-20(14-12-19)18-9-5-16(2)6-10-18;1-11-13-7-3-5-9-15(13)12(2)16-10-6-4-8-14(11)16;1-11-7-8-12(2)16-10-14-6-4-3-5-13(14)9-15(11)16;1-9-3-5-12-8-10(2)4-6-11(12)7-9;1-9-5-3-8-12-10(2)6-4-7-11(9)12/h3-14H,1-2H3;2*3-10H,1-2H3;2*3-8H,1-2H3. The van der Waals surface area contributed by atoms with E-state index in [-0.39, 0.29) is 0 Å². The summed E-state index contributed by atoms with van der Waals surface area (Å²) in [5.41, 5.74) is 18.5. The molecule has 374 valence electrons. The highest BCUT2D eigenvalue weighted by molar-refractivity contribution is 6.05. The molecule has 0 spiro atoms. The fourth-order valence-electron chi connectivity index (χ4n) is 10.3. The molecule has 13 aromatic rings. The molecule has 0 aliphatic heterocycles. The van der Waals surface area contributed by atoms with Gasteiger partial charge in [0.05, 0.1) is 0 Å². The van der Waals surface area contributed by atoms with Gasteiger partial charge < -0.3 is 0 Å². The molecular formula is C76H70. The summed E-state index contributed by atoms with van der Waals surface area (Å²) in [5, 5.41) is 16.3. The number of hydrogen-bond acceptors (Lipinski definition) is 0. The Morgan fingerprint density at radius 3 is 0.776 bits per heavy atom. The smallest absolute Gasteiger partial charge is 0.0146 e. The third kappa shape index (κ3) is 12.2. The van der Waals surface area contributed by atoms with E-state index in [1.807, 2.05) is 0 Å². The van der Waals surface area contributed by atoms with Gasteiger partial charge in [-0.1, -0.05) is 253 Å². The van der Waals surface area contributed by atoms with Gasteiger partial charge in [-0.05, 0) is 202 Å². The Labute approximate surface area is 452 Å². The van der Waals surface area contributed by atoms with Crippen LogP contribution in [0.3, 0.4) is 0 Å². The largest absolute Gasteiger partial charge is 0.0616 e. The van der Waals surface area contributed by atoms with Crippen molar-refractivity contribution in [2.24, 2.45) is 0 Å². The summed E-state index contributed by atoms with van der Waals surface area (Å²) >= 11 is 0. The van der Waals surface area contributed by atoms with Crippen LogP contribution in [0.2, 0.25) is 0 Å². The van der Waals surface area contributed by atoms with E-state index in [2.05, 4.69) is 312 Å². The van der Waals surface area contributed by atoms with Crippen molar-refractivity contribution in [2.45, 2.75) is 69.2 Å². The van der Waals surface area contributed by atoms with Gasteiger partial charge in [-0.2, -0.15) is 0 Å². The van der Waals surface area contributed by atoms with Crippen LogP contribution in [0.25, 0.3) is 86.9 Å². The normalized spacial score (nSPS) is 10.8. The molecule has 76 heavy (non-hydrogen) atoms. The third-order valence-electron chi connectivity index (χ3n) is 15.0. The van der Waals surface area contributed by atoms with E-state index in [1.54, 1.807) is 0 Å². The van der Waals surface area contributed by atoms with Crippen LogP contribution >= 0.6 is 0 Å². The lowest BCUT2D eigenvalue weighted by atomic mass is 9.93. The molecule has 0 saturated heterocycles. The molecule has 0 nitrogen and oxygen atoms in total. The van der Waals surface area contributed by atoms with Crippen molar-refractivity contribution in [3.05, 3.63) is 298 Å². The van der Waals surface area contributed by atoms with E-state index < -0.39 is 0 Å². The van der Waals surface area contributed by atoms with E-state index in [1.165, 1.54) is 143 Å². The third-order valence-corrected chi connectivity index (χ3v) is 15.0. The maximum atomic E-state index is 2.30. The van der Waals surface area contributed by atoms with Crippen LogP contribution in [0.4, 0.5) is 0 Å². The summed E-state index contributed by atoms with van der Waals surface area (Å²) in [5.74, 6) is 0. The predicted molar refractivity (Wildman–Crippen MR) is 335 cm³/mol. The fraction of sp³-hybridized carbons (Fsp3) is 0.132. The molecule has 13 rings (SSSR count). The van der Waals surface area contributed by atoms with Crippen molar-refractivity contribution in [3.8, 4) is 22.3 Å². The molecule has 0 aromatic heterocycles. The lowest BCUT2D eigenvalue weighted by molar-refractivity contribution is 1.46. The number of fused-ring (bicyclic) bond motifs is 6. The monoisotopic (exact) mass is 983 g/mol. The topological polar surface area (TPSA) is 0 Å². The minimum absolute atomic E-state index is 1.26. The first-order chi connectivity index (χ1) is 36.8. The lowest BCUT2D eigenvalue weighted by Gasteiger charge is -2.11. The molecule has 0 amide bonds. The van der Waals surface area contributed by atoms with Gasteiger partial charge in [-0.3, -0.25) is 0 Å². The van der Waals surface area contributed by atoms with Gasteiger partial charge in [0.1, 0.15) is 0 Å². The quantitative estimate of drug-likeness (QED) is 0.151. The number of benzene rings is 13. The molecule has 0 bridgehead atoms. The molecule has 0 aliphatic carbocycles. The zero-order chi connectivity index (χ0) is 53.3. The second-order valence-electron chi connectivity index (χ2n) is 20.7. The number of aryl methyl sites for hydroxylation is 10. The lowest BCUT2D eigenvalue weighted by Crippen LogP contribution is -1.87. The summed E-state index contributed by atoms with van der Waals surface area (Å²) in [4.78, 5) is 0. The van der Waals surface area contributed by atoms with E-state index in [0.29, 0.717) is 0 Å². The molecule has 0 radical (unpaired) electrons. The van der Waals surface area contributed by atoms with E-state index in [4.69, 9.17) is 0 Å². The highest BCUT2D eigenvalue weighted by atomic mass is 14.1. The molecule has 0 atom stereocenters. The van der Waals surface area contributed by atoms with Gasteiger partial charge >= 0.3 is 0 Å². The molecule has 0 heterocycles. The average Bonchev–Trinajstić information content (AvgIpc) is 3.46. The molecule has 0 saturated carbocycles. The van der Waals surface area contributed by atoms with Crippen molar-refractivity contribution < 1.29 is 0 Å². The van der Waals surface area contributed by atoms with Crippen molar-refractivity contribution in [1.29, 1.82) is 0 Å². The molecule has 0 heteroatoms. The van der Waals surface area contributed by atoms with Crippen molar-refractivity contribution in [1.82, 2.24) is 0 Å². The maximum absolute atomic E-state index is 2.30. The van der Waals surface area contributed by atoms with E-state index in [9.17, 15) is 0 Å². The Kier molecular flexibility index (Phi) is 16.3. The van der Waals surface area contributed by atoms with Crippen LogP contribution in [0, 0.1) is 69.2 Å². The van der Waals surface area contributed by atoms with Crippen molar-refractivity contribution >= 4 is 64.6 Å². The van der Waals surface area contributed by atoms with Crippen LogP contribution in [0.15, 0.2) is 243 Å². The van der Waals surface area contributed by atoms with Crippen LogP contribution in [0.5, 0.6) is 0 Å². The predicted octanol–water partition coefficient (Wildman–Crippen LogP) is 21.8. The highest BCUT2D eigenvalue weighted by Crippen LogP contribution is 2.32. The number of rotatable bonds is 2. The Morgan fingerprint density at radius 1 is 0.171 bits per heavy atom. The van der Waals surface area contributed by atoms with Gasteiger partial charge in [0.2, 0.25) is 0 Å². The zero-order valence-electron chi connectivity index (χ0n) is 46.1.